The van der Waals surface area contributed by atoms with Crippen LogP contribution in [0.4, 0.5) is 0 Å². The Morgan fingerprint density at radius 3 is 2.85 bits per heavy atom. The van der Waals surface area contributed by atoms with E-state index in [2.05, 4.69) is 4.74 Å². The molecule has 2 rings (SSSR count). The Hall–Kier alpha value is -0.960. The molecule has 1 aliphatic rings. The molecule has 6 nitrogen and oxygen atoms in total. The van der Waals surface area contributed by atoms with Gasteiger partial charge in [0, 0.05) is 19.1 Å². The zero-order chi connectivity index (χ0) is 14.9. The van der Waals surface area contributed by atoms with Gasteiger partial charge in [-0.25, -0.2) is 13.2 Å². The highest BCUT2D eigenvalue weighted by Crippen LogP contribution is 2.31. The molecule has 0 saturated carbocycles. The van der Waals surface area contributed by atoms with Gasteiger partial charge < -0.3 is 10.5 Å². The van der Waals surface area contributed by atoms with E-state index >= 15 is 0 Å². The van der Waals surface area contributed by atoms with Gasteiger partial charge in [0.25, 0.3) is 0 Å². The lowest BCUT2D eigenvalue weighted by atomic mass is 10.1. The Morgan fingerprint density at radius 2 is 2.25 bits per heavy atom. The Morgan fingerprint density at radius 1 is 1.55 bits per heavy atom. The number of esters is 1. The SMILES string of the molecule is COC(=O)c1scc(C)c1S(=O)(=O)N1CCC[C@@H](N)C1. The number of sulfonamides is 1. The molecule has 2 heterocycles. The molecule has 0 spiro atoms. The maximum absolute atomic E-state index is 12.7. The molecule has 20 heavy (non-hydrogen) atoms. The van der Waals surface area contributed by atoms with Crippen molar-refractivity contribution in [3.05, 3.63) is 15.8 Å². The molecule has 1 fully saturated rings. The van der Waals surface area contributed by atoms with Crippen molar-refractivity contribution in [2.24, 2.45) is 5.73 Å². The number of aryl methyl sites for hydroxylation is 1. The smallest absolute Gasteiger partial charge is 0.349 e. The number of methoxy groups -OCH3 is 1. The number of nitrogens with zero attached hydrogens (tertiary/aromatic N) is 1. The van der Waals surface area contributed by atoms with Crippen LogP contribution in [0.3, 0.4) is 0 Å². The number of piperidine rings is 1. The first-order valence-corrected chi connectivity index (χ1v) is 8.62. The van der Waals surface area contributed by atoms with E-state index in [9.17, 15) is 13.2 Å². The Labute approximate surface area is 122 Å². The first-order chi connectivity index (χ1) is 9.37. The lowest BCUT2D eigenvalue weighted by Gasteiger charge is -2.30. The van der Waals surface area contributed by atoms with Gasteiger partial charge in [-0.1, -0.05) is 0 Å². The van der Waals surface area contributed by atoms with Gasteiger partial charge in [-0.2, -0.15) is 4.31 Å². The first-order valence-electron chi connectivity index (χ1n) is 6.30. The van der Waals surface area contributed by atoms with E-state index in [4.69, 9.17) is 5.73 Å². The maximum atomic E-state index is 12.7. The molecule has 1 atom stereocenters. The number of nitrogens with two attached hydrogens (primary N) is 1. The summed E-state index contributed by atoms with van der Waals surface area (Å²) < 4.78 is 31.5. The van der Waals surface area contributed by atoms with Crippen LogP contribution in [0.5, 0.6) is 0 Å². The minimum Gasteiger partial charge on any atom is -0.465 e. The Bertz CT molecular complexity index is 609. The fourth-order valence-corrected chi connectivity index (χ4v) is 5.50. The number of carbonyl (C=O) groups is 1. The normalized spacial score (nSPS) is 20.9. The van der Waals surface area contributed by atoms with Crippen LogP contribution in [0.25, 0.3) is 0 Å². The van der Waals surface area contributed by atoms with Crippen molar-refractivity contribution in [1.29, 1.82) is 0 Å². The molecule has 2 N–H and O–H groups in total. The van der Waals surface area contributed by atoms with Gasteiger partial charge in [0.1, 0.15) is 9.77 Å². The summed E-state index contributed by atoms with van der Waals surface area (Å²) >= 11 is 1.09. The minimum atomic E-state index is -3.71. The molecule has 1 aliphatic heterocycles. The van der Waals surface area contributed by atoms with Gasteiger partial charge in [0.2, 0.25) is 10.0 Å². The second kappa shape index (κ2) is 5.80. The van der Waals surface area contributed by atoms with Gasteiger partial charge in [-0.15, -0.1) is 11.3 Å². The van der Waals surface area contributed by atoms with Crippen molar-refractivity contribution < 1.29 is 17.9 Å². The summed E-state index contributed by atoms with van der Waals surface area (Å²) in [6, 6.07) is -0.154. The summed E-state index contributed by atoms with van der Waals surface area (Å²) in [7, 11) is -2.46. The highest BCUT2D eigenvalue weighted by atomic mass is 32.2. The molecule has 0 bridgehead atoms. The second-order valence-electron chi connectivity index (χ2n) is 4.83. The summed E-state index contributed by atoms with van der Waals surface area (Å²) in [5.74, 6) is -0.622. The average molecular weight is 318 g/mol. The van der Waals surface area contributed by atoms with Crippen LogP contribution in [-0.4, -0.2) is 44.9 Å². The van der Waals surface area contributed by atoms with Crippen molar-refractivity contribution in [3.63, 3.8) is 0 Å². The average Bonchev–Trinajstić information content (AvgIpc) is 2.80. The predicted molar refractivity (Wildman–Crippen MR) is 76.4 cm³/mol. The fraction of sp³-hybridized carbons (Fsp3) is 0.583. The molecule has 112 valence electrons. The molecule has 1 saturated heterocycles. The lowest BCUT2D eigenvalue weighted by Crippen LogP contribution is -2.45. The van der Waals surface area contributed by atoms with Crippen molar-refractivity contribution in [1.82, 2.24) is 4.31 Å². The van der Waals surface area contributed by atoms with E-state index in [-0.39, 0.29) is 22.4 Å². The van der Waals surface area contributed by atoms with E-state index < -0.39 is 16.0 Å². The predicted octanol–water partition coefficient (Wildman–Crippen LogP) is 0.955. The summed E-state index contributed by atoms with van der Waals surface area (Å²) in [5.41, 5.74) is 6.41. The van der Waals surface area contributed by atoms with Crippen molar-refractivity contribution in [2.75, 3.05) is 20.2 Å². The van der Waals surface area contributed by atoms with E-state index in [0.29, 0.717) is 12.1 Å². The van der Waals surface area contributed by atoms with Crippen molar-refractivity contribution >= 4 is 27.3 Å². The number of hydrogen-bond acceptors (Lipinski definition) is 6. The van der Waals surface area contributed by atoms with E-state index in [1.54, 1.807) is 12.3 Å². The lowest BCUT2D eigenvalue weighted by molar-refractivity contribution is 0.0602. The highest BCUT2D eigenvalue weighted by Gasteiger charge is 2.34. The molecular formula is C12H18N2O4S2. The summed E-state index contributed by atoms with van der Waals surface area (Å²) in [4.78, 5) is 11.9. The molecule has 1 aromatic heterocycles. The van der Waals surface area contributed by atoms with Gasteiger partial charge >= 0.3 is 5.97 Å². The van der Waals surface area contributed by atoms with E-state index in [1.807, 2.05) is 0 Å². The molecule has 0 unspecified atom stereocenters. The largest absolute Gasteiger partial charge is 0.465 e. The van der Waals surface area contributed by atoms with Gasteiger partial charge in [-0.3, -0.25) is 0 Å². The molecule has 1 aromatic rings. The summed E-state index contributed by atoms with van der Waals surface area (Å²) in [6.07, 6.45) is 1.55. The van der Waals surface area contributed by atoms with Crippen LogP contribution in [0, 0.1) is 6.92 Å². The van der Waals surface area contributed by atoms with Crippen LogP contribution in [0.1, 0.15) is 28.1 Å². The van der Waals surface area contributed by atoms with Crippen LogP contribution in [0.2, 0.25) is 0 Å². The van der Waals surface area contributed by atoms with Crippen LogP contribution < -0.4 is 5.73 Å². The van der Waals surface area contributed by atoms with Crippen LogP contribution in [-0.2, 0) is 14.8 Å². The molecule has 8 heteroatoms. The number of thiophene rings is 1. The number of hydrogen-bond donors (Lipinski definition) is 1. The molecule has 0 aromatic carbocycles. The number of ether oxygens (including phenoxy) is 1. The van der Waals surface area contributed by atoms with Crippen molar-refractivity contribution in [2.45, 2.75) is 30.7 Å². The molecule has 0 radical (unpaired) electrons. The summed E-state index contributed by atoms with van der Waals surface area (Å²) in [5, 5.41) is 1.66. The van der Waals surface area contributed by atoms with E-state index in [0.717, 1.165) is 24.2 Å². The zero-order valence-electron chi connectivity index (χ0n) is 11.5. The summed E-state index contributed by atoms with van der Waals surface area (Å²) in [6.45, 7) is 2.41. The topological polar surface area (TPSA) is 89.7 Å². The first kappa shape index (κ1) is 15.4. The van der Waals surface area contributed by atoms with Crippen molar-refractivity contribution in [3.8, 4) is 0 Å². The van der Waals surface area contributed by atoms with Crippen LogP contribution in [0.15, 0.2) is 10.3 Å². The second-order valence-corrected chi connectivity index (χ2v) is 7.59. The van der Waals surface area contributed by atoms with Gasteiger partial charge in [-0.05, 0) is 30.7 Å². The monoisotopic (exact) mass is 318 g/mol. The third kappa shape index (κ3) is 2.73. The quantitative estimate of drug-likeness (QED) is 0.838. The van der Waals surface area contributed by atoms with E-state index in [1.165, 1.54) is 11.4 Å². The molecular weight excluding hydrogens is 300 g/mol. The fourth-order valence-electron chi connectivity index (χ4n) is 2.31. The van der Waals surface area contributed by atoms with Gasteiger partial charge in [0.15, 0.2) is 0 Å². The maximum Gasteiger partial charge on any atom is 0.349 e. The number of carbonyl (C=O) groups excluding carboxylic acids is 1. The Balaban J connectivity index is 2.44. The third-order valence-corrected chi connectivity index (χ3v) is 6.57. The number of rotatable bonds is 3. The highest BCUT2D eigenvalue weighted by molar-refractivity contribution is 7.89. The standard InChI is InChI=1S/C12H18N2O4S2/c1-8-7-19-10(12(15)18-2)11(8)20(16,17)14-5-3-4-9(13)6-14/h7,9H,3-6,13H2,1-2H3/t9-/m1/s1. The molecule has 0 amide bonds. The van der Waals surface area contributed by atoms with Gasteiger partial charge in [0.05, 0.1) is 7.11 Å². The van der Waals surface area contributed by atoms with Crippen LogP contribution >= 0.6 is 11.3 Å². The third-order valence-electron chi connectivity index (χ3n) is 3.31. The Kier molecular flexibility index (Phi) is 4.48. The minimum absolute atomic E-state index is 0.0588. The zero-order valence-corrected chi connectivity index (χ0v) is 13.1. The molecule has 0 aliphatic carbocycles.